The molecule has 0 unspecified atom stereocenters. The highest BCUT2D eigenvalue weighted by Crippen LogP contribution is 2.13. The molecule has 0 radical (unpaired) electrons. The van der Waals surface area contributed by atoms with Crippen molar-refractivity contribution < 1.29 is 4.79 Å². The van der Waals surface area contributed by atoms with E-state index in [2.05, 4.69) is 25.5 Å². The summed E-state index contributed by atoms with van der Waals surface area (Å²) in [4.78, 5) is 32.5. The van der Waals surface area contributed by atoms with Crippen LogP contribution in [-0.4, -0.2) is 30.6 Å². The van der Waals surface area contributed by atoms with Crippen LogP contribution in [0.2, 0.25) is 0 Å². The minimum Gasteiger partial charge on any atom is -0.292 e. The summed E-state index contributed by atoms with van der Waals surface area (Å²) >= 11 is 1.31. The number of H-pyrrole nitrogens is 1. The maximum atomic E-state index is 12.2. The van der Waals surface area contributed by atoms with E-state index in [0.717, 1.165) is 0 Å². The van der Waals surface area contributed by atoms with Crippen molar-refractivity contribution in [3.8, 4) is 0 Å². The quantitative estimate of drug-likeness (QED) is 0.755. The number of hydrogen-bond donors (Lipinski definition) is 2. The smallest absolute Gasteiger partial charge is 0.271 e. The van der Waals surface area contributed by atoms with E-state index in [1.807, 2.05) is 13.8 Å². The van der Waals surface area contributed by atoms with Crippen LogP contribution >= 0.6 is 11.3 Å². The second-order valence-corrected chi connectivity index (χ2v) is 5.98. The van der Waals surface area contributed by atoms with Crippen molar-refractivity contribution in [2.75, 3.05) is 5.32 Å². The van der Waals surface area contributed by atoms with Gasteiger partial charge in [0.05, 0.1) is 11.8 Å². The van der Waals surface area contributed by atoms with Crippen LogP contribution < -0.4 is 10.9 Å². The molecular formula is C13H14N6O2S. The molecule has 0 bridgehead atoms. The summed E-state index contributed by atoms with van der Waals surface area (Å²) in [6.07, 6.45) is 1.37. The van der Waals surface area contributed by atoms with Gasteiger partial charge < -0.3 is 0 Å². The van der Waals surface area contributed by atoms with Crippen LogP contribution in [0.15, 0.2) is 22.6 Å². The van der Waals surface area contributed by atoms with Crippen LogP contribution in [0, 0.1) is 0 Å². The predicted octanol–water partition coefficient (Wildman–Crippen LogP) is 1.34. The number of anilines is 1. The molecule has 0 saturated carbocycles. The summed E-state index contributed by atoms with van der Waals surface area (Å²) in [6, 6.07) is 1.77. The zero-order chi connectivity index (χ0) is 15.7. The second kappa shape index (κ2) is 5.68. The molecule has 3 aromatic heterocycles. The Balaban J connectivity index is 1.75. The third-order valence-corrected chi connectivity index (χ3v) is 3.94. The first-order chi connectivity index (χ1) is 10.5. The number of nitrogens with zero attached hydrogens (tertiary/aromatic N) is 4. The lowest BCUT2D eigenvalue weighted by Gasteiger charge is -2.04. The lowest BCUT2D eigenvalue weighted by molar-refractivity contribution is -0.116. The van der Waals surface area contributed by atoms with Crippen molar-refractivity contribution in [3.05, 3.63) is 34.0 Å². The molecule has 3 aromatic rings. The minimum atomic E-state index is -0.380. The van der Waals surface area contributed by atoms with E-state index in [1.54, 1.807) is 11.4 Å². The summed E-state index contributed by atoms with van der Waals surface area (Å²) < 4.78 is 1.81. The first-order valence-electron chi connectivity index (χ1n) is 6.69. The highest BCUT2D eigenvalue weighted by atomic mass is 32.1. The molecule has 3 heterocycles. The van der Waals surface area contributed by atoms with Gasteiger partial charge in [-0.1, -0.05) is 13.8 Å². The van der Waals surface area contributed by atoms with E-state index in [1.165, 1.54) is 22.2 Å². The number of amides is 1. The van der Waals surface area contributed by atoms with Gasteiger partial charge in [-0.05, 0) is 11.4 Å². The Bertz CT molecular complexity index is 878. The monoisotopic (exact) mass is 318 g/mol. The van der Waals surface area contributed by atoms with Crippen molar-refractivity contribution in [1.82, 2.24) is 24.7 Å². The van der Waals surface area contributed by atoms with E-state index in [0.29, 0.717) is 16.0 Å². The fourth-order valence-corrected chi connectivity index (χ4v) is 2.69. The maximum Gasteiger partial charge on any atom is 0.271 e. The van der Waals surface area contributed by atoms with Crippen LogP contribution in [-0.2, 0) is 11.3 Å². The molecule has 2 N–H and O–H groups in total. The van der Waals surface area contributed by atoms with Crippen LogP contribution in [0.4, 0.5) is 5.95 Å². The molecule has 0 aliphatic rings. The summed E-state index contributed by atoms with van der Waals surface area (Å²) in [5.41, 5.74) is 0.412. The SMILES string of the molecule is CC(C)c1nc(NC(=O)Cn2cnc3ccsc3c2=O)n[nH]1. The standard InChI is InChI=1S/C13H14N6O2S/c1-7(2)11-16-13(18-17-11)15-9(20)5-19-6-14-8-3-4-22-10(8)12(19)21/h3-4,6-7H,5H2,1-2H3,(H2,15,16,17,18,20). The van der Waals surface area contributed by atoms with Gasteiger partial charge in [0.2, 0.25) is 11.9 Å². The van der Waals surface area contributed by atoms with Crippen LogP contribution in [0.1, 0.15) is 25.6 Å². The van der Waals surface area contributed by atoms with E-state index in [9.17, 15) is 9.59 Å². The number of aromatic nitrogens is 5. The molecule has 114 valence electrons. The highest BCUT2D eigenvalue weighted by Gasteiger charge is 2.12. The van der Waals surface area contributed by atoms with E-state index < -0.39 is 0 Å². The largest absolute Gasteiger partial charge is 0.292 e. The number of carbonyl (C=O) groups is 1. The highest BCUT2D eigenvalue weighted by molar-refractivity contribution is 7.17. The Morgan fingerprint density at radius 3 is 3.05 bits per heavy atom. The Labute approximate surface area is 129 Å². The van der Waals surface area contributed by atoms with Gasteiger partial charge in [0.15, 0.2) is 0 Å². The molecule has 9 heteroatoms. The molecule has 8 nitrogen and oxygen atoms in total. The fraction of sp³-hybridized carbons (Fsp3) is 0.308. The van der Waals surface area contributed by atoms with Gasteiger partial charge in [0.25, 0.3) is 5.56 Å². The first-order valence-corrected chi connectivity index (χ1v) is 7.57. The zero-order valence-electron chi connectivity index (χ0n) is 12.0. The molecule has 0 fully saturated rings. The van der Waals surface area contributed by atoms with Gasteiger partial charge in [-0.15, -0.1) is 16.4 Å². The molecule has 22 heavy (non-hydrogen) atoms. The number of rotatable bonds is 4. The number of fused-ring (bicyclic) bond motifs is 1. The number of carbonyl (C=O) groups excluding carboxylic acids is 1. The van der Waals surface area contributed by atoms with Gasteiger partial charge >= 0.3 is 0 Å². The topological polar surface area (TPSA) is 106 Å². The third-order valence-electron chi connectivity index (χ3n) is 3.05. The molecule has 3 rings (SSSR count). The Morgan fingerprint density at radius 1 is 1.50 bits per heavy atom. The van der Waals surface area contributed by atoms with Crippen molar-refractivity contribution >= 4 is 33.4 Å². The Kier molecular flexibility index (Phi) is 3.72. The van der Waals surface area contributed by atoms with Gasteiger partial charge in [-0.25, -0.2) is 4.98 Å². The van der Waals surface area contributed by atoms with Crippen LogP contribution in [0.5, 0.6) is 0 Å². The van der Waals surface area contributed by atoms with Crippen LogP contribution in [0.3, 0.4) is 0 Å². The number of nitrogens with one attached hydrogen (secondary N) is 2. The average Bonchev–Trinajstić information content (AvgIpc) is 3.11. The average molecular weight is 318 g/mol. The molecular weight excluding hydrogens is 304 g/mol. The third kappa shape index (κ3) is 2.75. The second-order valence-electron chi connectivity index (χ2n) is 5.06. The van der Waals surface area contributed by atoms with E-state index in [-0.39, 0.29) is 29.9 Å². The zero-order valence-corrected chi connectivity index (χ0v) is 12.8. The van der Waals surface area contributed by atoms with Crippen molar-refractivity contribution in [1.29, 1.82) is 0 Å². The molecule has 0 aliphatic heterocycles. The molecule has 1 amide bonds. The molecule has 0 aromatic carbocycles. The molecule has 0 atom stereocenters. The predicted molar refractivity (Wildman–Crippen MR) is 83.0 cm³/mol. The summed E-state index contributed by atoms with van der Waals surface area (Å²) in [6.45, 7) is 3.80. The van der Waals surface area contributed by atoms with Crippen molar-refractivity contribution in [2.45, 2.75) is 26.3 Å². The van der Waals surface area contributed by atoms with Gasteiger partial charge in [-0.2, -0.15) is 4.98 Å². The Morgan fingerprint density at radius 2 is 2.32 bits per heavy atom. The van der Waals surface area contributed by atoms with Gasteiger partial charge in [-0.3, -0.25) is 24.6 Å². The number of aromatic amines is 1. The summed E-state index contributed by atoms with van der Waals surface area (Å²) in [5.74, 6) is 0.696. The summed E-state index contributed by atoms with van der Waals surface area (Å²) in [5, 5.41) is 11.0. The fourth-order valence-electron chi connectivity index (χ4n) is 1.90. The number of hydrogen-bond acceptors (Lipinski definition) is 6. The molecule has 0 spiro atoms. The molecule has 0 aliphatic carbocycles. The Hall–Kier alpha value is -2.55. The number of thiophene rings is 1. The maximum absolute atomic E-state index is 12.2. The lowest BCUT2D eigenvalue weighted by atomic mass is 10.2. The van der Waals surface area contributed by atoms with Gasteiger partial charge in [0.1, 0.15) is 17.1 Å². The first kappa shape index (κ1) is 14.4. The molecule has 0 saturated heterocycles. The van der Waals surface area contributed by atoms with E-state index in [4.69, 9.17) is 0 Å². The van der Waals surface area contributed by atoms with Gasteiger partial charge in [0, 0.05) is 5.92 Å². The normalized spacial score (nSPS) is 11.2. The lowest BCUT2D eigenvalue weighted by Crippen LogP contribution is -2.27. The van der Waals surface area contributed by atoms with Crippen LogP contribution in [0.25, 0.3) is 10.2 Å². The van der Waals surface area contributed by atoms with Crippen molar-refractivity contribution in [2.24, 2.45) is 0 Å². The minimum absolute atomic E-state index is 0.134. The van der Waals surface area contributed by atoms with Crippen molar-refractivity contribution in [3.63, 3.8) is 0 Å². The van der Waals surface area contributed by atoms with E-state index >= 15 is 0 Å². The summed E-state index contributed by atoms with van der Waals surface area (Å²) in [7, 11) is 0.